The van der Waals surface area contributed by atoms with Crippen LogP contribution in [0.4, 0.5) is 4.39 Å². The van der Waals surface area contributed by atoms with E-state index < -0.39 is 0 Å². The number of benzene rings is 1. The van der Waals surface area contributed by atoms with Crippen LogP contribution >= 0.6 is 0 Å². The minimum atomic E-state index is -0.158. The molecule has 0 N–H and O–H groups in total. The van der Waals surface area contributed by atoms with Crippen molar-refractivity contribution in [3.63, 3.8) is 0 Å². The molecule has 0 saturated carbocycles. The highest BCUT2D eigenvalue weighted by atomic mass is 19.1. The molecule has 0 aliphatic heterocycles. The molecule has 0 spiro atoms. The third kappa shape index (κ3) is 3.04. The number of hydrogen-bond donors (Lipinski definition) is 0. The molecular formula is C11H14F. The zero-order valence-electron chi connectivity index (χ0n) is 7.39. The molecule has 1 radical (unpaired) electrons. The molecule has 0 fully saturated rings. The van der Waals surface area contributed by atoms with Crippen molar-refractivity contribution in [2.45, 2.75) is 26.2 Å². The molecule has 0 aliphatic rings. The fourth-order valence-electron chi connectivity index (χ4n) is 1.09. The lowest BCUT2D eigenvalue weighted by Gasteiger charge is -1.98. The smallest absolute Gasteiger partial charge is 0.123 e. The van der Waals surface area contributed by atoms with Crippen LogP contribution in [-0.2, 0) is 6.42 Å². The Morgan fingerprint density at radius 2 is 1.92 bits per heavy atom. The summed E-state index contributed by atoms with van der Waals surface area (Å²) in [7, 11) is 0. The van der Waals surface area contributed by atoms with Crippen molar-refractivity contribution in [3.8, 4) is 0 Å². The molecule has 12 heavy (non-hydrogen) atoms. The zero-order chi connectivity index (χ0) is 8.81. The van der Waals surface area contributed by atoms with Crippen LogP contribution in [-0.4, -0.2) is 0 Å². The monoisotopic (exact) mass is 165 g/mol. The molecule has 1 heteroatoms. The van der Waals surface area contributed by atoms with Crippen LogP contribution in [0, 0.1) is 12.2 Å². The molecule has 0 atom stereocenters. The molecule has 0 heterocycles. The highest BCUT2D eigenvalue weighted by Gasteiger charge is 1.93. The first-order valence-corrected chi connectivity index (χ1v) is 4.39. The van der Waals surface area contributed by atoms with E-state index in [1.807, 2.05) is 12.1 Å². The van der Waals surface area contributed by atoms with E-state index in [0.29, 0.717) is 0 Å². The largest absolute Gasteiger partial charge is 0.207 e. The van der Waals surface area contributed by atoms with Crippen LogP contribution in [0.2, 0.25) is 0 Å². The van der Waals surface area contributed by atoms with Crippen molar-refractivity contribution in [2.75, 3.05) is 0 Å². The van der Waals surface area contributed by atoms with Gasteiger partial charge in [-0.3, -0.25) is 0 Å². The van der Waals surface area contributed by atoms with Gasteiger partial charge >= 0.3 is 0 Å². The Labute approximate surface area is 73.4 Å². The summed E-state index contributed by atoms with van der Waals surface area (Å²) in [6.07, 6.45) is 5.50. The summed E-state index contributed by atoms with van der Waals surface area (Å²) in [6.45, 7) is 2.15. The highest BCUT2D eigenvalue weighted by Crippen LogP contribution is 2.06. The van der Waals surface area contributed by atoms with Crippen LogP contribution in [0.25, 0.3) is 0 Å². The Bertz CT molecular complexity index is 213. The van der Waals surface area contributed by atoms with Crippen molar-refractivity contribution in [1.29, 1.82) is 0 Å². The van der Waals surface area contributed by atoms with Crippen LogP contribution in [0.3, 0.4) is 0 Å². The minimum Gasteiger partial charge on any atom is -0.207 e. The standard InChI is InChI=1S/C11H14F/c1-2-3-4-5-10-6-8-11(12)9-7-10/h4,6-9H,2-3,5H2,1H3. The third-order valence-electron chi connectivity index (χ3n) is 1.79. The second-order valence-corrected chi connectivity index (χ2v) is 2.91. The topological polar surface area (TPSA) is 0 Å². The maximum atomic E-state index is 12.5. The van der Waals surface area contributed by atoms with E-state index in [2.05, 4.69) is 13.3 Å². The minimum absolute atomic E-state index is 0.158. The number of rotatable bonds is 4. The van der Waals surface area contributed by atoms with Crippen LogP contribution in [0.5, 0.6) is 0 Å². The number of unbranched alkanes of at least 4 members (excludes halogenated alkanes) is 2. The van der Waals surface area contributed by atoms with E-state index in [-0.39, 0.29) is 5.82 Å². The van der Waals surface area contributed by atoms with E-state index in [9.17, 15) is 4.39 Å². The Kier molecular flexibility index (Phi) is 3.78. The Morgan fingerprint density at radius 1 is 1.25 bits per heavy atom. The van der Waals surface area contributed by atoms with Gasteiger partial charge in [-0.15, -0.1) is 0 Å². The average molecular weight is 165 g/mol. The van der Waals surface area contributed by atoms with Gasteiger partial charge in [0.1, 0.15) is 5.82 Å². The van der Waals surface area contributed by atoms with Crippen molar-refractivity contribution in [1.82, 2.24) is 0 Å². The van der Waals surface area contributed by atoms with Gasteiger partial charge in [0.15, 0.2) is 0 Å². The highest BCUT2D eigenvalue weighted by molar-refractivity contribution is 5.17. The predicted octanol–water partition coefficient (Wildman–Crippen LogP) is 3.37. The maximum Gasteiger partial charge on any atom is 0.123 e. The lowest BCUT2D eigenvalue weighted by atomic mass is 10.1. The van der Waals surface area contributed by atoms with Gasteiger partial charge in [-0.1, -0.05) is 31.9 Å². The van der Waals surface area contributed by atoms with Gasteiger partial charge in [0.05, 0.1) is 0 Å². The molecule has 0 bridgehead atoms. The van der Waals surface area contributed by atoms with Crippen LogP contribution in [0.1, 0.15) is 25.3 Å². The SMILES string of the molecule is CCC[CH]Cc1ccc(F)cc1. The molecule has 1 aromatic carbocycles. The Hall–Kier alpha value is -0.850. The first-order valence-electron chi connectivity index (χ1n) is 4.39. The van der Waals surface area contributed by atoms with Crippen LogP contribution in [0.15, 0.2) is 24.3 Å². The summed E-state index contributed by atoms with van der Waals surface area (Å²) in [4.78, 5) is 0. The molecule has 0 aliphatic carbocycles. The lowest BCUT2D eigenvalue weighted by molar-refractivity contribution is 0.627. The fraction of sp³-hybridized carbons (Fsp3) is 0.364. The molecule has 1 aromatic rings. The maximum absolute atomic E-state index is 12.5. The molecule has 0 nitrogen and oxygen atoms in total. The fourth-order valence-corrected chi connectivity index (χ4v) is 1.09. The van der Waals surface area contributed by atoms with Crippen LogP contribution < -0.4 is 0 Å². The van der Waals surface area contributed by atoms with E-state index in [1.165, 1.54) is 24.1 Å². The molecular weight excluding hydrogens is 151 g/mol. The van der Waals surface area contributed by atoms with Gasteiger partial charge in [0, 0.05) is 0 Å². The van der Waals surface area contributed by atoms with Gasteiger partial charge in [-0.05, 0) is 30.5 Å². The Morgan fingerprint density at radius 3 is 2.50 bits per heavy atom. The second kappa shape index (κ2) is 4.91. The average Bonchev–Trinajstić information content (AvgIpc) is 2.09. The van der Waals surface area contributed by atoms with Gasteiger partial charge in [-0.25, -0.2) is 4.39 Å². The predicted molar refractivity (Wildman–Crippen MR) is 49.3 cm³/mol. The second-order valence-electron chi connectivity index (χ2n) is 2.91. The molecule has 65 valence electrons. The summed E-state index contributed by atoms with van der Waals surface area (Å²) < 4.78 is 12.5. The normalized spacial score (nSPS) is 10.2. The van der Waals surface area contributed by atoms with E-state index in [1.54, 1.807) is 0 Å². The summed E-state index contributed by atoms with van der Waals surface area (Å²) in [5.41, 5.74) is 1.19. The third-order valence-corrected chi connectivity index (χ3v) is 1.79. The van der Waals surface area contributed by atoms with Gasteiger partial charge in [0.2, 0.25) is 0 Å². The van der Waals surface area contributed by atoms with Crippen molar-refractivity contribution in [2.24, 2.45) is 0 Å². The number of halogens is 1. The molecule has 0 amide bonds. The molecule has 1 rings (SSSR count). The van der Waals surface area contributed by atoms with E-state index >= 15 is 0 Å². The van der Waals surface area contributed by atoms with Gasteiger partial charge in [0.25, 0.3) is 0 Å². The molecule has 0 aromatic heterocycles. The van der Waals surface area contributed by atoms with Gasteiger partial charge < -0.3 is 0 Å². The summed E-state index contributed by atoms with van der Waals surface area (Å²) in [5, 5.41) is 0. The summed E-state index contributed by atoms with van der Waals surface area (Å²) in [5.74, 6) is -0.158. The molecule has 0 saturated heterocycles. The van der Waals surface area contributed by atoms with Crippen molar-refractivity contribution >= 4 is 0 Å². The summed E-state index contributed by atoms with van der Waals surface area (Å²) >= 11 is 0. The summed E-state index contributed by atoms with van der Waals surface area (Å²) in [6, 6.07) is 6.69. The van der Waals surface area contributed by atoms with Crippen molar-refractivity contribution < 1.29 is 4.39 Å². The lowest BCUT2D eigenvalue weighted by Crippen LogP contribution is -1.86. The first kappa shape index (κ1) is 9.24. The number of hydrogen-bond acceptors (Lipinski definition) is 0. The first-order chi connectivity index (χ1) is 5.83. The molecule has 0 unspecified atom stereocenters. The van der Waals surface area contributed by atoms with Crippen molar-refractivity contribution in [3.05, 3.63) is 42.1 Å². The Balaban J connectivity index is 2.37. The van der Waals surface area contributed by atoms with Gasteiger partial charge in [-0.2, -0.15) is 0 Å². The zero-order valence-corrected chi connectivity index (χ0v) is 7.39. The van der Waals surface area contributed by atoms with E-state index in [4.69, 9.17) is 0 Å². The van der Waals surface area contributed by atoms with E-state index in [0.717, 1.165) is 12.8 Å². The quantitative estimate of drug-likeness (QED) is 0.600.